The van der Waals surface area contributed by atoms with Crippen molar-refractivity contribution in [2.45, 2.75) is 126 Å². The molecule has 25 nitrogen and oxygen atoms in total. The van der Waals surface area contributed by atoms with Crippen molar-refractivity contribution in [1.29, 1.82) is 0 Å². The molecule has 0 bridgehead atoms. The fourth-order valence-corrected chi connectivity index (χ4v) is 19.5. The molecule has 142 heavy (non-hydrogen) atoms. The molecule has 4 heterocycles. The Bertz CT molecular complexity index is 7700. The molecule has 16 rings (SSSR count). The van der Waals surface area contributed by atoms with Gasteiger partial charge in [-0.1, -0.05) is 80.1 Å². The Morgan fingerprint density at radius 3 is 1.10 bits per heavy atom. The predicted molar refractivity (Wildman–Crippen MR) is 540 cm³/mol. The van der Waals surface area contributed by atoms with Crippen LogP contribution in [0.3, 0.4) is 0 Å². The molecule has 0 aromatic heterocycles. The SMILES string of the molecule is CCCc1ccc2c(-c3ccccc3C(=O)OCC)c3ccc(=NCC)cc-3oc2c1.CCN(CC)c1ccc2c(-c3ccc(C(=O)[O-])cc3C(=O)[O-])c3ccc(=[N+](CC)CC)cc-3oc2c1.CCN(CC)c1ccc2c(-c3ccc(S(=O)(=O)[O-])cc3S(=O)(=O)[O-])c3ccc(=[N+](CC)CC)cc-3oc2c1.CCN(CC)c1ccc2c(-c3ccccc3C(=O)O)c3ccc(=[N+](CC)CC)cc-3oc2c1.[Cl-].[Cl-].[Na+].[Na+]. The second-order valence-corrected chi connectivity index (χ2v) is 35.5. The first-order valence-corrected chi connectivity index (χ1v) is 50.0. The van der Waals surface area contributed by atoms with Crippen LogP contribution >= 0.6 is 0 Å². The van der Waals surface area contributed by atoms with E-state index in [-0.39, 0.29) is 112 Å². The molecule has 8 aromatic carbocycles. The number of hydrogen-bond acceptors (Lipinski definition) is 21. The van der Waals surface area contributed by atoms with E-state index in [9.17, 15) is 60.4 Å². The average molecular weight is 2020 g/mol. The molecule has 1 N–H and O–H groups in total. The first-order chi connectivity index (χ1) is 66.4. The summed E-state index contributed by atoms with van der Waals surface area (Å²) < 4.78 is 109. The maximum absolute atomic E-state index is 12.7. The number of benzene rings is 12. The van der Waals surface area contributed by atoms with Gasteiger partial charge in [0.2, 0.25) is 16.1 Å². The van der Waals surface area contributed by atoms with Crippen molar-refractivity contribution in [1.82, 2.24) is 13.7 Å². The van der Waals surface area contributed by atoms with Crippen molar-refractivity contribution in [3.05, 3.63) is 280 Å². The Balaban J connectivity index is 0.000000210. The number of carboxylic acids is 3. The molecule has 0 radical (unpaired) electrons. The van der Waals surface area contributed by atoms with Gasteiger partial charge in [-0.25, -0.2) is 40.2 Å². The van der Waals surface area contributed by atoms with Crippen LogP contribution in [0.15, 0.2) is 263 Å². The van der Waals surface area contributed by atoms with Gasteiger partial charge in [0.1, 0.15) is 105 Å². The Hall–Kier alpha value is -11.8. The number of aryl methyl sites for hydroxylation is 1. The summed E-state index contributed by atoms with van der Waals surface area (Å²) in [5, 5.41) is 40.4. The summed E-state index contributed by atoms with van der Waals surface area (Å²) in [7, 11) is -10.2. The smallest absolute Gasteiger partial charge is 1.00 e. The topological polar surface area (TPSA) is 342 Å². The molecule has 31 heteroatoms. The number of rotatable bonds is 29. The van der Waals surface area contributed by atoms with Gasteiger partial charge >= 0.3 is 71.1 Å². The van der Waals surface area contributed by atoms with Gasteiger partial charge in [-0.05, 0) is 234 Å². The number of carboxylic acid groups (broad SMARTS) is 3. The van der Waals surface area contributed by atoms with Crippen LogP contribution in [0.2, 0.25) is 0 Å². The van der Waals surface area contributed by atoms with E-state index in [1.54, 1.807) is 24.3 Å². The molecule has 4 aliphatic heterocycles. The van der Waals surface area contributed by atoms with Gasteiger partial charge in [-0.2, -0.15) is 0 Å². The minimum Gasteiger partial charge on any atom is -1.00 e. The summed E-state index contributed by atoms with van der Waals surface area (Å²) in [6, 6.07) is 69.2. The van der Waals surface area contributed by atoms with Gasteiger partial charge < -0.3 is 95.9 Å². The summed E-state index contributed by atoms with van der Waals surface area (Å²) in [6.07, 6.45) is 2.06. The largest absolute Gasteiger partial charge is 1.00 e. The number of aromatic carboxylic acids is 3. The summed E-state index contributed by atoms with van der Waals surface area (Å²) in [5.74, 6) is -1.60. The van der Waals surface area contributed by atoms with E-state index in [1.165, 1.54) is 23.8 Å². The van der Waals surface area contributed by atoms with Crippen LogP contribution in [0.5, 0.6) is 0 Å². The summed E-state index contributed by atoms with van der Waals surface area (Å²) in [6.45, 7) is 42.0. The summed E-state index contributed by atoms with van der Waals surface area (Å²) in [4.78, 5) is 57.9. The molecule has 0 atom stereocenters. The first-order valence-electron chi connectivity index (χ1n) is 47.2. The van der Waals surface area contributed by atoms with Crippen molar-refractivity contribution in [3.63, 3.8) is 0 Å². The summed E-state index contributed by atoms with van der Waals surface area (Å²) in [5.41, 5.74) is 15.1. The predicted octanol–water partition coefficient (Wildman–Crippen LogP) is 6.09. The molecular formula is C111H116Cl2N7Na2O18S2-. The number of nitrogens with zero attached hydrogens (tertiary/aromatic N) is 7. The van der Waals surface area contributed by atoms with Crippen LogP contribution in [0.25, 0.3) is 134 Å². The van der Waals surface area contributed by atoms with Gasteiger partial charge in [0, 0.05) is 183 Å². The van der Waals surface area contributed by atoms with E-state index in [4.69, 9.17) is 22.4 Å². The Morgan fingerprint density at radius 2 is 0.732 bits per heavy atom. The van der Waals surface area contributed by atoms with Crippen LogP contribution in [0, 0.1) is 0 Å². The number of carbonyl (C=O) groups is 4. The fourth-order valence-electron chi connectivity index (χ4n) is 18.2. The van der Waals surface area contributed by atoms with Crippen LogP contribution in [-0.4, -0.2) is 147 Å². The van der Waals surface area contributed by atoms with Gasteiger partial charge in [0.05, 0.1) is 63.0 Å². The second kappa shape index (κ2) is 50.9. The molecule has 4 aliphatic carbocycles. The minimum absolute atomic E-state index is 0. The molecule has 0 amide bonds. The van der Waals surface area contributed by atoms with E-state index in [0.29, 0.717) is 80.7 Å². The molecular weight excluding hydrogens is 1900 g/mol. The van der Waals surface area contributed by atoms with Gasteiger partial charge in [-0.3, -0.25) is 4.99 Å². The van der Waals surface area contributed by atoms with Gasteiger partial charge in [0.25, 0.3) is 0 Å². The first kappa shape index (κ1) is 114. The average Bonchev–Trinajstić information content (AvgIpc) is 0.736. The quantitative estimate of drug-likeness (QED) is 0.0182. The van der Waals surface area contributed by atoms with Crippen molar-refractivity contribution in [2.75, 3.05) is 106 Å². The Kier molecular flexibility index (Phi) is 40.8. The van der Waals surface area contributed by atoms with Crippen LogP contribution in [0.4, 0.5) is 17.1 Å². The molecule has 0 fully saturated rings. The zero-order valence-corrected chi connectivity index (χ0v) is 90.5. The molecule has 0 saturated heterocycles. The van der Waals surface area contributed by atoms with Crippen molar-refractivity contribution >= 4 is 105 Å². The summed E-state index contributed by atoms with van der Waals surface area (Å²) >= 11 is 0. The van der Waals surface area contributed by atoms with Gasteiger partial charge in [-0.15, -0.1) is 0 Å². The third-order valence-electron chi connectivity index (χ3n) is 25.1. The monoisotopic (exact) mass is 2010 g/mol. The molecule has 0 spiro atoms. The van der Waals surface area contributed by atoms with Crippen molar-refractivity contribution in [2.24, 2.45) is 4.99 Å². The molecule has 0 saturated carbocycles. The van der Waals surface area contributed by atoms with Gasteiger partial charge in [0.15, 0.2) is 0 Å². The maximum Gasteiger partial charge on any atom is 1.00 e. The standard InChI is InChI=1S/C29H30N2O5.C28H30N2O3.C27H30N2O7S2.C27H27NO3.2ClH.2Na/c1-5-30(6-2)19-10-13-22-25(16-19)36-26-17-20(31(7-3)8-4)11-14-23(26)27(22)21-12-9-18(28(32)33)15-24(21)29(34)35;1-5-29(6-2)19-13-15-23-25(17-19)33-26-18-20(30(7-3)8-4)14-16-24(26)27(23)21-11-9-10-12-22(21)28(31)32;1-5-28(6-2)18-9-12-21-24(15-18)36-25-16-19(29(7-3)8-4)10-13-22(25)27(21)23-14-11-20(37(30,31)32)17-26(23)38(33,34)35;1-4-9-18-12-14-22-24(16-18)31-25-17-19(28-5-2)13-15-23(25)26(22)20-10-7-8-11-21(20)27(29)30-6-3;;;;/h9-17H,5-8H2,1-4H3,(H-,32,33,34,35);9-18H,5-8H2,1-4H3;9-17H,5-8H2,1-4H3,(H-,30,31,32,33,34,35);7-8,10-17H,4-6,9H2,1-3H3;2*1H;;/q;;;;;;2*+1/p-3. The number of hydrogen-bond donors (Lipinski definition) is 1. The zero-order valence-electron chi connectivity index (χ0n) is 83.3. The number of esters is 1. The van der Waals surface area contributed by atoms with E-state index in [2.05, 4.69) is 150 Å². The normalized spacial score (nSPS) is 11.3. The van der Waals surface area contributed by atoms with Crippen LogP contribution in [0.1, 0.15) is 157 Å². The molecule has 0 unspecified atom stereocenters. The second-order valence-electron chi connectivity index (χ2n) is 32.8. The van der Waals surface area contributed by atoms with Crippen molar-refractivity contribution < 1.29 is 167 Å². The number of anilines is 3. The number of fused-ring (bicyclic) bond motifs is 8. The number of carbonyl (C=O) groups excluding carboxylic acids is 3. The van der Waals surface area contributed by atoms with E-state index in [0.717, 1.165) is 214 Å². The van der Waals surface area contributed by atoms with Crippen molar-refractivity contribution in [3.8, 4) is 89.8 Å². The van der Waals surface area contributed by atoms with E-state index in [1.807, 2.05) is 157 Å². The molecule has 732 valence electrons. The molecule has 8 aromatic rings. The van der Waals surface area contributed by atoms with Crippen LogP contribution < -0.4 is 144 Å². The van der Waals surface area contributed by atoms with E-state index >= 15 is 0 Å². The maximum atomic E-state index is 12.7. The fraction of sp³-hybridized carbons (Fsp3) is 0.279. The zero-order chi connectivity index (χ0) is 99.1. The third-order valence-corrected chi connectivity index (χ3v) is 26.8. The minimum atomic E-state index is -5.16. The van der Waals surface area contributed by atoms with E-state index < -0.39 is 47.9 Å². The number of ether oxygens (including phenoxy) is 1. The Morgan fingerprint density at radius 1 is 0.373 bits per heavy atom. The molecule has 8 aliphatic rings. The van der Waals surface area contributed by atoms with Crippen LogP contribution in [-0.2, 0) is 31.4 Å². The Labute approximate surface area is 885 Å². The number of halogens is 2. The third kappa shape index (κ3) is 24.8.